The van der Waals surface area contributed by atoms with Crippen LogP contribution in [0.5, 0.6) is 0 Å². The molecule has 2 aliphatic rings. The Kier molecular flexibility index (Phi) is 6.40. The van der Waals surface area contributed by atoms with E-state index in [1.54, 1.807) is 46.9 Å². The van der Waals surface area contributed by atoms with Gasteiger partial charge in [0.2, 0.25) is 0 Å². The number of ether oxygens (including phenoxy) is 1. The minimum Gasteiger partial charge on any atom is -0.444 e. The number of halogens is 1. The number of piperazine rings is 1. The van der Waals surface area contributed by atoms with Gasteiger partial charge in [-0.25, -0.2) is 19.0 Å². The van der Waals surface area contributed by atoms with Gasteiger partial charge in [-0.15, -0.1) is 0 Å². The van der Waals surface area contributed by atoms with Crippen molar-refractivity contribution >= 4 is 40.2 Å². The Balaban J connectivity index is 1.33. The lowest BCUT2D eigenvalue weighted by atomic mass is 10.1. The van der Waals surface area contributed by atoms with E-state index in [4.69, 9.17) is 4.74 Å². The SMILES string of the molecule is Cc1c(F)c(NC(=O)N2CCc3c(N4CCN(C(=O)OC(C)(C)C)[C@H](C)C4)ccnc32)cc2cn(C)nc12. The van der Waals surface area contributed by atoms with Crippen LogP contribution in [0.1, 0.15) is 38.8 Å². The number of hydrogen-bond acceptors (Lipinski definition) is 6. The van der Waals surface area contributed by atoms with Crippen molar-refractivity contribution in [2.75, 3.05) is 41.3 Å². The summed E-state index contributed by atoms with van der Waals surface area (Å²) in [6.07, 6.45) is 3.81. The van der Waals surface area contributed by atoms with Crippen molar-refractivity contribution in [2.45, 2.75) is 52.7 Å². The van der Waals surface area contributed by atoms with Gasteiger partial charge in [0, 0.05) is 73.9 Å². The Morgan fingerprint density at radius 2 is 1.97 bits per heavy atom. The number of hydrogen-bond donors (Lipinski definition) is 1. The molecule has 0 radical (unpaired) electrons. The molecule has 3 amide bonds. The topological polar surface area (TPSA) is 95.8 Å². The van der Waals surface area contributed by atoms with Gasteiger partial charge in [0.1, 0.15) is 11.4 Å². The van der Waals surface area contributed by atoms with E-state index in [0.717, 1.165) is 16.6 Å². The summed E-state index contributed by atoms with van der Waals surface area (Å²) >= 11 is 0. The van der Waals surface area contributed by atoms with E-state index in [0.29, 0.717) is 49.5 Å². The highest BCUT2D eigenvalue weighted by Gasteiger charge is 2.34. The fraction of sp³-hybridized carbons (Fsp3) is 0.481. The quantitative estimate of drug-likeness (QED) is 0.533. The molecule has 5 rings (SSSR count). The van der Waals surface area contributed by atoms with E-state index in [9.17, 15) is 9.59 Å². The lowest BCUT2D eigenvalue weighted by Gasteiger charge is -2.41. The molecule has 0 unspecified atom stereocenters. The Morgan fingerprint density at radius 3 is 2.68 bits per heavy atom. The third-order valence-corrected chi connectivity index (χ3v) is 7.01. The Bertz CT molecular complexity index is 1410. The number of carbonyl (C=O) groups is 2. The van der Waals surface area contributed by atoms with Gasteiger partial charge < -0.3 is 19.9 Å². The Labute approximate surface area is 221 Å². The molecule has 1 saturated heterocycles. The first-order chi connectivity index (χ1) is 17.9. The maximum atomic E-state index is 15.1. The largest absolute Gasteiger partial charge is 0.444 e. The number of nitrogens with one attached hydrogen (secondary N) is 1. The van der Waals surface area contributed by atoms with Gasteiger partial charge >= 0.3 is 12.1 Å². The molecular weight excluding hydrogens is 489 g/mol. The summed E-state index contributed by atoms with van der Waals surface area (Å²) in [5.41, 5.74) is 2.50. The van der Waals surface area contributed by atoms with Crippen LogP contribution in [-0.4, -0.2) is 69.6 Å². The van der Waals surface area contributed by atoms with Crippen molar-refractivity contribution in [3.63, 3.8) is 0 Å². The zero-order valence-electron chi connectivity index (χ0n) is 22.7. The van der Waals surface area contributed by atoms with Crippen LogP contribution in [0.3, 0.4) is 0 Å². The van der Waals surface area contributed by atoms with Crippen molar-refractivity contribution in [3.05, 3.63) is 41.5 Å². The molecule has 3 aromatic rings. The molecule has 202 valence electrons. The second kappa shape index (κ2) is 9.45. The first kappa shape index (κ1) is 25.7. The number of carbonyl (C=O) groups excluding carboxylic acids is 2. The predicted molar refractivity (Wildman–Crippen MR) is 144 cm³/mol. The van der Waals surface area contributed by atoms with Gasteiger partial charge in [-0.2, -0.15) is 5.10 Å². The van der Waals surface area contributed by atoms with Crippen LogP contribution in [0.4, 0.5) is 31.2 Å². The summed E-state index contributed by atoms with van der Waals surface area (Å²) in [6, 6.07) is 3.08. The van der Waals surface area contributed by atoms with Crippen molar-refractivity contribution in [2.24, 2.45) is 7.05 Å². The summed E-state index contributed by atoms with van der Waals surface area (Å²) in [6.45, 7) is 11.5. The minimum absolute atomic E-state index is 0.0446. The van der Waals surface area contributed by atoms with Crippen LogP contribution < -0.4 is 15.1 Å². The molecule has 0 bridgehead atoms. The molecule has 1 aromatic carbocycles. The molecule has 0 aliphatic carbocycles. The van der Waals surface area contributed by atoms with Gasteiger partial charge in [0.05, 0.1) is 11.2 Å². The molecule has 11 heteroatoms. The molecule has 10 nitrogen and oxygen atoms in total. The van der Waals surface area contributed by atoms with Gasteiger partial charge in [-0.1, -0.05) is 0 Å². The number of amides is 3. The van der Waals surface area contributed by atoms with Gasteiger partial charge in [-0.05, 0) is 53.2 Å². The number of rotatable bonds is 2. The minimum atomic E-state index is -0.546. The van der Waals surface area contributed by atoms with E-state index < -0.39 is 17.4 Å². The molecule has 1 atom stereocenters. The molecule has 4 heterocycles. The van der Waals surface area contributed by atoms with Crippen LogP contribution in [0.2, 0.25) is 0 Å². The van der Waals surface area contributed by atoms with E-state index in [1.807, 2.05) is 33.8 Å². The maximum Gasteiger partial charge on any atom is 0.410 e. The molecule has 38 heavy (non-hydrogen) atoms. The van der Waals surface area contributed by atoms with Crippen molar-refractivity contribution in [1.29, 1.82) is 0 Å². The van der Waals surface area contributed by atoms with E-state index >= 15 is 4.39 Å². The van der Waals surface area contributed by atoms with Gasteiger partial charge in [0.25, 0.3) is 0 Å². The van der Waals surface area contributed by atoms with E-state index in [-0.39, 0.29) is 17.8 Å². The third kappa shape index (κ3) is 4.72. The van der Waals surface area contributed by atoms with Crippen LogP contribution in [0.25, 0.3) is 10.9 Å². The highest BCUT2D eigenvalue weighted by Crippen LogP contribution is 2.36. The normalized spacial score (nSPS) is 17.7. The predicted octanol–water partition coefficient (Wildman–Crippen LogP) is 4.46. The summed E-state index contributed by atoms with van der Waals surface area (Å²) in [5, 5.41) is 7.80. The fourth-order valence-electron chi connectivity index (χ4n) is 5.24. The average Bonchev–Trinajstić information content (AvgIpc) is 3.44. The lowest BCUT2D eigenvalue weighted by molar-refractivity contribution is 0.0159. The van der Waals surface area contributed by atoms with Gasteiger partial charge in [-0.3, -0.25) is 9.58 Å². The standard InChI is InChI=1S/C27H34FN7O3/c1-16-14-33(11-12-34(16)26(37)38-27(3,4)5)21-7-9-29-24-19(21)8-10-35(24)25(36)30-20-13-18-15-32(6)31-23(18)17(2)22(20)28/h7,9,13,15-16H,8,10-12,14H2,1-6H3,(H,30,36)/t16-/m1/s1. The first-order valence-electron chi connectivity index (χ1n) is 12.9. The van der Waals surface area contributed by atoms with Crippen LogP contribution in [0, 0.1) is 12.7 Å². The number of fused-ring (bicyclic) bond motifs is 2. The lowest BCUT2D eigenvalue weighted by Crippen LogP contribution is -2.55. The number of benzene rings is 1. The smallest absolute Gasteiger partial charge is 0.410 e. The van der Waals surface area contributed by atoms with Crippen LogP contribution >= 0.6 is 0 Å². The summed E-state index contributed by atoms with van der Waals surface area (Å²) in [5.74, 6) is 0.0735. The monoisotopic (exact) mass is 523 g/mol. The molecule has 0 spiro atoms. The molecule has 1 fully saturated rings. The number of pyridine rings is 1. The summed E-state index contributed by atoms with van der Waals surface area (Å²) in [7, 11) is 1.78. The zero-order valence-corrected chi connectivity index (χ0v) is 22.7. The Hall–Kier alpha value is -3.89. The molecule has 0 saturated carbocycles. The second-order valence-corrected chi connectivity index (χ2v) is 11.0. The van der Waals surface area contributed by atoms with Crippen molar-refractivity contribution in [3.8, 4) is 0 Å². The number of aryl methyl sites for hydroxylation is 2. The number of urea groups is 1. The zero-order chi connectivity index (χ0) is 27.4. The highest BCUT2D eigenvalue weighted by atomic mass is 19.1. The third-order valence-electron chi connectivity index (χ3n) is 7.01. The van der Waals surface area contributed by atoms with Crippen LogP contribution in [0.15, 0.2) is 24.5 Å². The van der Waals surface area contributed by atoms with Crippen LogP contribution in [-0.2, 0) is 18.2 Å². The molecule has 1 N–H and O–H groups in total. The summed E-state index contributed by atoms with van der Waals surface area (Å²) in [4.78, 5) is 36.0. The van der Waals surface area contributed by atoms with Gasteiger partial charge in [0.15, 0.2) is 5.82 Å². The first-order valence-corrected chi connectivity index (χ1v) is 12.9. The number of anilines is 3. The second-order valence-electron chi connectivity index (χ2n) is 11.0. The Morgan fingerprint density at radius 1 is 1.21 bits per heavy atom. The average molecular weight is 524 g/mol. The summed E-state index contributed by atoms with van der Waals surface area (Å²) < 4.78 is 22.3. The molecule has 2 aliphatic heterocycles. The van der Waals surface area contributed by atoms with Crippen molar-refractivity contribution < 1.29 is 18.7 Å². The van der Waals surface area contributed by atoms with Crippen molar-refractivity contribution in [1.82, 2.24) is 19.7 Å². The van der Waals surface area contributed by atoms with E-state index in [2.05, 4.69) is 20.3 Å². The van der Waals surface area contributed by atoms with E-state index in [1.165, 1.54) is 0 Å². The molecule has 2 aromatic heterocycles. The number of nitrogens with zero attached hydrogens (tertiary/aromatic N) is 6. The fourth-order valence-corrected chi connectivity index (χ4v) is 5.24. The maximum absolute atomic E-state index is 15.1. The molecular formula is C27H34FN7O3. The number of aromatic nitrogens is 3. The highest BCUT2D eigenvalue weighted by molar-refractivity contribution is 6.04.